The minimum Gasteiger partial charge on any atom is -0.490 e. The molecule has 0 bridgehead atoms. The molecule has 3 aliphatic rings. The van der Waals surface area contributed by atoms with Crippen molar-refractivity contribution in [2.45, 2.75) is 42.7 Å². The molecule has 44 heavy (non-hydrogen) atoms. The normalized spacial score (nSPS) is 23.3. The first-order chi connectivity index (χ1) is 21.0. The lowest BCUT2D eigenvalue weighted by Crippen LogP contribution is -2.57. The SMILES string of the molecule is CN(C)C(=O)N1CCC(Oc2ccc(Br)c(F)c2[C@H]2NC(=O)C[C@H](c3cccc(Cl)c3)[C@@]23C(=O)Nc2cc(Cl)ccc23)CC1. The molecule has 3 aliphatic heterocycles. The number of fused-ring (bicyclic) bond motifs is 2. The number of benzene rings is 3. The highest BCUT2D eigenvalue weighted by Gasteiger charge is 2.62. The Labute approximate surface area is 272 Å². The highest BCUT2D eigenvalue weighted by Crippen LogP contribution is 2.59. The molecule has 2 N–H and O–H groups in total. The van der Waals surface area contributed by atoms with Crippen molar-refractivity contribution in [1.29, 1.82) is 0 Å². The van der Waals surface area contributed by atoms with Crippen LogP contribution in [0.25, 0.3) is 0 Å². The second-order valence-corrected chi connectivity index (χ2v) is 13.3. The molecule has 1 spiro atoms. The number of nitrogens with one attached hydrogen (secondary N) is 2. The van der Waals surface area contributed by atoms with E-state index in [2.05, 4.69) is 26.6 Å². The number of amides is 4. The highest BCUT2D eigenvalue weighted by molar-refractivity contribution is 9.10. The van der Waals surface area contributed by atoms with E-state index in [9.17, 15) is 14.4 Å². The third kappa shape index (κ3) is 5.20. The summed E-state index contributed by atoms with van der Waals surface area (Å²) in [6.45, 7) is 0.959. The molecule has 3 atom stereocenters. The zero-order valence-electron chi connectivity index (χ0n) is 24.0. The van der Waals surface area contributed by atoms with Gasteiger partial charge in [0.05, 0.1) is 16.1 Å². The third-order valence-corrected chi connectivity index (χ3v) is 9.85. The van der Waals surface area contributed by atoms with E-state index in [0.717, 1.165) is 0 Å². The first-order valence-electron chi connectivity index (χ1n) is 14.3. The Bertz CT molecular complexity index is 1670. The van der Waals surface area contributed by atoms with Crippen molar-refractivity contribution in [2.75, 3.05) is 32.5 Å². The van der Waals surface area contributed by atoms with Crippen LogP contribution in [0.5, 0.6) is 5.75 Å². The number of likely N-dealkylation sites (tertiary alicyclic amines) is 1. The minimum atomic E-state index is -1.47. The van der Waals surface area contributed by atoms with Crippen LogP contribution in [0, 0.1) is 5.82 Å². The Morgan fingerprint density at radius 3 is 2.50 bits per heavy atom. The maximum absolute atomic E-state index is 16.5. The minimum absolute atomic E-state index is 0.0312. The van der Waals surface area contributed by atoms with Gasteiger partial charge >= 0.3 is 6.03 Å². The standard InChI is InChI=1S/C32H30BrCl2FN4O4/c1-39(2)31(43)40-12-10-20(11-13-40)44-25-9-8-23(33)28(36)27(25)29-32(21-7-6-19(35)15-24(21)37-30(32)42)22(16-26(41)38-29)17-4-3-5-18(34)14-17/h3-9,14-15,20,22,29H,10-13,16H2,1-2H3,(H,37,42)(H,38,41)/t22-,29-,32-/m1/s1. The van der Waals surface area contributed by atoms with Crippen LogP contribution in [0.2, 0.25) is 10.0 Å². The van der Waals surface area contributed by atoms with E-state index in [0.29, 0.717) is 52.8 Å². The molecule has 0 unspecified atom stereocenters. The first-order valence-corrected chi connectivity index (χ1v) is 15.8. The second-order valence-electron chi connectivity index (χ2n) is 11.6. The third-order valence-electron chi connectivity index (χ3n) is 8.77. The largest absolute Gasteiger partial charge is 0.490 e. The molecule has 2 fully saturated rings. The van der Waals surface area contributed by atoms with Crippen molar-refractivity contribution >= 4 is 62.7 Å². The number of hydrogen-bond donors (Lipinski definition) is 2. The number of halogens is 4. The predicted molar refractivity (Wildman–Crippen MR) is 170 cm³/mol. The average molecular weight is 704 g/mol. The lowest BCUT2D eigenvalue weighted by molar-refractivity contribution is -0.131. The van der Waals surface area contributed by atoms with Crippen molar-refractivity contribution in [1.82, 2.24) is 15.1 Å². The van der Waals surface area contributed by atoms with Gasteiger partial charge in [-0.1, -0.05) is 41.4 Å². The van der Waals surface area contributed by atoms with Crippen LogP contribution in [0.3, 0.4) is 0 Å². The van der Waals surface area contributed by atoms with Gasteiger partial charge in [0.25, 0.3) is 0 Å². The van der Waals surface area contributed by atoms with E-state index in [1.807, 2.05) is 6.07 Å². The summed E-state index contributed by atoms with van der Waals surface area (Å²) in [7, 11) is 3.41. The molecule has 0 aliphatic carbocycles. The van der Waals surface area contributed by atoms with Crippen molar-refractivity contribution in [3.8, 4) is 5.75 Å². The Balaban J connectivity index is 1.48. The van der Waals surface area contributed by atoms with Gasteiger partial charge < -0.3 is 25.2 Å². The van der Waals surface area contributed by atoms with E-state index in [1.54, 1.807) is 67.5 Å². The second kappa shape index (κ2) is 11.9. The van der Waals surface area contributed by atoms with E-state index in [4.69, 9.17) is 27.9 Å². The summed E-state index contributed by atoms with van der Waals surface area (Å²) in [4.78, 5) is 43.6. The molecule has 0 radical (unpaired) electrons. The van der Waals surface area contributed by atoms with Gasteiger partial charge in [0.15, 0.2) is 0 Å². The molecule has 0 saturated carbocycles. The Kier molecular flexibility index (Phi) is 8.28. The van der Waals surface area contributed by atoms with Gasteiger partial charge in [0.1, 0.15) is 23.1 Å². The van der Waals surface area contributed by atoms with Gasteiger partial charge in [0.2, 0.25) is 11.8 Å². The van der Waals surface area contributed by atoms with Crippen LogP contribution in [-0.2, 0) is 15.0 Å². The molecule has 4 amide bonds. The fourth-order valence-corrected chi connectivity index (χ4v) is 7.51. The fourth-order valence-electron chi connectivity index (χ4n) is 6.79. The van der Waals surface area contributed by atoms with Crippen molar-refractivity contribution in [3.63, 3.8) is 0 Å². The summed E-state index contributed by atoms with van der Waals surface area (Å²) in [5, 5.41) is 6.82. The zero-order valence-corrected chi connectivity index (χ0v) is 27.1. The number of urea groups is 1. The average Bonchev–Trinajstić information content (AvgIpc) is 3.27. The number of hydrogen-bond acceptors (Lipinski definition) is 4. The van der Waals surface area contributed by atoms with Crippen LogP contribution in [-0.4, -0.2) is 60.9 Å². The number of ether oxygens (including phenoxy) is 1. The Morgan fingerprint density at radius 2 is 1.80 bits per heavy atom. The van der Waals surface area contributed by atoms with E-state index in [1.165, 1.54) is 4.90 Å². The van der Waals surface area contributed by atoms with Gasteiger partial charge in [-0.25, -0.2) is 9.18 Å². The van der Waals surface area contributed by atoms with Gasteiger partial charge in [-0.2, -0.15) is 0 Å². The number of nitrogens with zero attached hydrogens (tertiary/aromatic N) is 2. The van der Waals surface area contributed by atoms with E-state index < -0.39 is 29.1 Å². The van der Waals surface area contributed by atoms with Gasteiger partial charge in [0, 0.05) is 68.1 Å². The fraction of sp³-hybridized carbons (Fsp3) is 0.344. The van der Waals surface area contributed by atoms with Crippen LogP contribution in [0.1, 0.15) is 47.9 Å². The summed E-state index contributed by atoms with van der Waals surface area (Å²) in [6, 6.07) is 14.1. The Morgan fingerprint density at radius 1 is 1.07 bits per heavy atom. The van der Waals surface area contributed by atoms with Crippen molar-refractivity contribution in [2.24, 2.45) is 0 Å². The molecule has 6 rings (SSSR count). The Hall–Kier alpha value is -3.34. The van der Waals surface area contributed by atoms with Gasteiger partial charge in [-0.3, -0.25) is 9.59 Å². The first kappa shape index (κ1) is 30.7. The summed E-state index contributed by atoms with van der Waals surface area (Å²) in [6.07, 6.45) is 0.719. The predicted octanol–water partition coefficient (Wildman–Crippen LogP) is 6.65. The van der Waals surface area contributed by atoms with Crippen molar-refractivity contribution < 1.29 is 23.5 Å². The number of carbonyl (C=O) groups is 3. The molecule has 0 aromatic heterocycles. The van der Waals surface area contributed by atoms with Crippen LogP contribution in [0.15, 0.2) is 59.1 Å². The van der Waals surface area contributed by atoms with Crippen LogP contribution >= 0.6 is 39.1 Å². The smallest absolute Gasteiger partial charge is 0.319 e. The number of piperidine rings is 2. The lowest BCUT2D eigenvalue weighted by Gasteiger charge is -2.47. The van der Waals surface area contributed by atoms with E-state index in [-0.39, 0.29) is 40.2 Å². The molecule has 2 saturated heterocycles. The summed E-state index contributed by atoms with van der Waals surface area (Å²) in [5.41, 5.74) is 0.337. The van der Waals surface area contributed by atoms with Crippen LogP contribution in [0.4, 0.5) is 14.9 Å². The molecular formula is C32H30BrCl2FN4O4. The summed E-state index contributed by atoms with van der Waals surface area (Å²) < 4.78 is 23.1. The van der Waals surface area contributed by atoms with E-state index >= 15 is 4.39 Å². The number of anilines is 1. The highest BCUT2D eigenvalue weighted by atomic mass is 79.9. The maximum Gasteiger partial charge on any atom is 0.319 e. The molecule has 3 aromatic carbocycles. The van der Waals surface area contributed by atoms with Crippen LogP contribution < -0.4 is 15.4 Å². The molecule has 230 valence electrons. The molecular weight excluding hydrogens is 674 g/mol. The number of carbonyl (C=O) groups excluding carboxylic acids is 3. The molecule has 8 nitrogen and oxygen atoms in total. The molecule has 3 heterocycles. The number of rotatable bonds is 4. The van der Waals surface area contributed by atoms with Gasteiger partial charge in [-0.05, 0) is 63.5 Å². The zero-order chi connectivity index (χ0) is 31.3. The monoisotopic (exact) mass is 702 g/mol. The topological polar surface area (TPSA) is 91.0 Å². The lowest BCUT2D eigenvalue weighted by atomic mass is 9.59. The quantitative estimate of drug-likeness (QED) is 0.318. The molecule has 3 aromatic rings. The summed E-state index contributed by atoms with van der Waals surface area (Å²) >= 11 is 16.0. The van der Waals surface area contributed by atoms with Crippen molar-refractivity contribution in [3.05, 3.63) is 91.6 Å². The maximum atomic E-state index is 16.5. The van der Waals surface area contributed by atoms with Gasteiger partial charge in [-0.15, -0.1) is 0 Å². The summed E-state index contributed by atoms with van der Waals surface area (Å²) in [5.74, 6) is -1.87. The molecule has 12 heteroatoms.